The molecule has 6 heteroatoms. The largest absolute Gasteiger partial charge is 0.370 e. The average molecular weight is 263 g/mol. The van der Waals surface area contributed by atoms with Crippen molar-refractivity contribution in [2.24, 2.45) is 5.73 Å². The predicted octanol–water partition coefficient (Wildman–Crippen LogP) is 1.55. The molecule has 1 aromatic rings. The van der Waals surface area contributed by atoms with Gasteiger partial charge < -0.3 is 15.8 Å². The number of rotatable bonds is 7. The number of carbonyl (C=O) groups excluding carboxylic acids is 1. The summed E-state index contributed by atoms with van der Waals surface area (Å²) in [5.41, 5.74) is 6.09. The van der Waals surface area contributed by atoms with Gasteiger partial charge >= 0.3 is 0 Å². The molecule has 1 unspecified atom stereocenters. The molecule has 0 aromatic carbocycles. The number of halogens is 1. The molecule has 1 rings (SSSR count). The quantitative estimate of drug-likeness (QED) is 0.733. The molecule has 1 atom stereocenters. The van der Waals surface area contributed by atoms with Gasteiger partial charge in [0.15, 0.2) is 0 Å². The lowest BCUT2D eigenvalue weighted by molar-refractivity contribution is -0.122. The smallest absolute Gasteiger partial charge is 0.243 e. The number of carbonyl (C=O) groups is 1. The topological polar surface area (TPSA) is 64.3 Å². The van der Waals surface area contributed by atoms with Gasteiger partial charge in [-0.3, -0.25) is 4.79 Å². The number of hydrogen-bond acceptors (Lipinski definition) is 4. The molecule has 0 aliphatic rings. The normalized spacial score (nSPS) is 12.6. The highest BCUT2D eigenvalue weighted by Gasteiger charge is 2.06. The minimum absolute atomic E-state index is 0.0274. The lowest BCUT2D eigenvalue weighted by Crippen LogP contribution is -2.25. The highest BCUT2D eigenvalue weighted by Crippen LogP contribution is 2.24. The van der Waals surface area contributed by atoms with Gasteiger partial charge in [-0.1, -0.05) is 11.6 Å². The Labute approximate surface area is 104 Å². The van der Waals surface area contributed by atoms with Gasteiger partial charge in [-0.25, -0.2) is 0 Å². The Morgan fingerprint density at radius 2 is 2.50 bits per heavy atom. The molecule has 0 spiro atoms. The van der Waals surface area contributed by atoms with E-state index in [0.717, 1.165) is 9.90 Å². The first-order valence-corrected chi connectivity index (χ1v) is 6.18. The maximum absolute atomic E-state index is 10.4. The van der Waals surface area contributed by atoms with E-state index in [1.54, 1.807) is 0 Å². The summed E-state index contributed by atoms with van der Waals surface area (Å²) in [6, 6.07) is 2.16. The molecule has 16 heavy (non-hydrogen) atoms. The number of ether oxygens (including phenoxy) is 1. The van der Waals surface area contributed by atoms with E-state index in [1.165, 1.54) is 11.3 Å². The zero-order valence-corrected chi connectivity index (χ0v) is 10.6. The molecule has 0 radical (unpaired) electrons. The SMILES string of the molecule is CC(NCCOCC(N)=O)c1csc(Cl)c1. The van der Waals surface area contributed by atoms with Crippen LogP contribution in [-0.2, 0) is 9.53 Å². The summed E-state index contributed by atoms with van der Waals surface area (Å²) in [6.45, 7) is 3.15. The van der Waals surface area contributed by atoms with Gasteiger partial charge in [0.1, 0.15) is 6.61 Å². The van der Waals surface area contributed by atoms with Crippen molar-refractivity contribution in [2.75, 3.05) is 19.8 Å². The molecule has 0 aliphatic carbocycles. The number of nitrogens with one attached hydrogen (secondary N) is 1. The van der Waals surface area contributed by atoms with Crippen molar-refractivity contribution in [3.05, 3.63) is 21.3 Å². The molecular weight excluding hydrogens is 248 g/mol. The van der Waals surface area contributed by atoms with Crippen LogP contribution in [0.15, 0.2) is 11.4 Å². The van der Waals surface area contributed by atoms with Crippen molar-refractivity contribution in [3.8, 4) is 0 Å². The summed E-state index contributed by atoms with van der Waals surface area (Å²) in [5.74, 6) is -0.447. The van der Waals surface area contributed by atoms with Crippen LogP contribution in [0.3, 0.4) is 0 Å². The summed E-state index contributed by atoms with van der Waals surface area (Å²) >= 11 is 7.35. The van der Waals surface area contributed by atoms with Crippen LogP contribution in [0.2, 0.25) is 4.34 Å². The average Bonchev–Trinajstić information content (AvgIpc) is 2.63. The molecule has 1 heterocycles. The van der Waals surface area contributed by atoms with Crippen LogP contribution < -0.4 is 11.1 Å². The highest BCUT2D eigenvalue weighted by atomic mass is 35.5. The summed E-state index contributed by atoms with van der Waals surface area (Å²) in [6.07, 6.45) is 0. The van der Waals surface area contributed by atoms with Crippen LogP contribution in [0.1, 0.15) is 18.5 Å². The van der Waals surface area contributed by atoms with E-state index in [-0.39, 0.29) is 12.6 Å². The molecule has 1 aromatic heterocycles. The second-order valence-electron chi connectivity index (χ2n) is 3.38. The Morgan fingerprint density at radius 1 is 1.75 bits per heavy atom. The summed E-state index contributed by atoms with van der Waals surface area (Å²) < 4.78 is 5.81. The van der Waals surface area contributed by atoms with E-state index >= 15 is 0 Å². The fourth-order valence-corrected chi connectivity index (χ4v) is 2.17. The van der Waals surface area contributed by atoms with Gasteiger partial charge in [-0.15, -0.1) is 11.3 Å². The van der Waals surface area contributed by atoms with Crippen LogP contribution in [0.25, 0.3) is 0 Å². The van der Waals surface area contributed by atoms with Crippen molar-refractivity contribution >= 4 is 28.8 Å². The number of hydrogen-bond donors (Lipinski definition) is 2. The molecule has 0 aliphatic heterocycles. The maximum atomic E-state index is 10.4. The minimum Gasteiger partial charge on any atom is -0.370 e. The van der Waals surface area contributed by atoms with Gasteiger partial charge in [0.2, 0.25) is 5.91 Å². The van der Waals surface area contributed by atoms with E-state index in [0.29, 0.717) is 13.2 Å². The van der Waals surface area contributed by atoms with Gasteiger partial charge in [0.25, 0.3) is 0 Å². The van der Waals surface area contributed by atoms with Crippen molar-refractivity contribution in [3.63, 3.8) is 0 Å². The number of primary amides is 1. The van der Waals surface area contributed by atoms with Crippen molar-refractivity contribution in [1.29, 1.82) is 0 Å². The zero-order chi connectivity index (χ0) is 12.0. The maximum Gasteiger partial charge on any atom is 0.243 e. The molecule has 90 valence electrons. The Morgan fingerprint density at radius 3 is 3.06 bits per heavy atom. The summed E-state index contributed by atoms with van der Waals surface area (Å²) in [4.78, 5) is 10.4. The van der Waals surface area contributed by atoms with Gasteiger partial charge in [0.05, 0.1) is 10.9 Å². The summed E-state index contributed by atoms with van der Waals surface area (Å²) in [5, 5.41) is 5.27. The third kappa shape index (κ3) is 4.94. The monoisotopic (exact) mass is 262 g/mol. The Hall–Kier alpha value is -0.620. The Bertz CT molecular complexity index is 343. The fraction of sp³-hybridized carbons (Fsp3) is 0.500. The van der Waals surface area contributed by atoms with Crippen molar-refractivity contribution in [2.45, 2.75) is 13.0 Å². The number of amides is 1. The Kier molecular flexibility index (Phi) is 5.76. The van der Waals surface area contributed by atoms with E-state index in [4.69, 9.17) is 22.1 Å². The van der Waals surface area contributed by atoms with Crippen molar-refractivity contribution in [1.82, 2.24) is 5.32 Å². The van der Waals surface area contributed by atoms with E-state index < -0.39 is 5.91 Å². The van der Waals surface area contributed by atoms with Crippen LogP contribution in [-0.4, -0.2) is 25.7 Å². The fourth-order valence-electron chi connectivity index (χ4n) is 1.19. The minimum atomic E-state index is -0.447. The molecule has 0 saturated heterocycles. The van der Waals surface area contributed by atoms with Crippen LogP contribution in [0.5, 0.6) is 0 Å². The second kappa shape index (κ2) is 6.85. The predicted molar refractivity (Wildman–Crippen MR) is 65.8 cm³/mol. The molecule has 3 N–H and O–H groups in total. The molecule has 0 bridgehead atoms. The third-order valence-corrected chi connectivity index (χ3v) is 3.14. The lowest BCUT2D eigenvalue weighted by atomic mass is 10.2. The first-order valence-electron chi connectivity index (χ1n) is 4.93. The van der Waals surface area contributed by atoms with E-state index in [1.807, 2.05) is 18.4 Å². The highest BCUT2D eigenvalue weighted by molar-refractivity contribution is 7.14. The van der Waals surface area contributed by atoms with E-state index in [2.05, 4.69) is 5.32 Å². The van der Waals surface area contributed by atoms with Gasteiger partial charge in [-0.05, 0) is 23.9 Å². The van der Waals surface area contributed by atoms with Gasteiger partial charge in [0, 0.05) is 12.6 Å². The first kappa shape index (κ1) is 13.4. The zero-order valence-electron chi connectivity index (χ0n) is 9.03. The van der Waals surface area contributed by atoms with Crippen LogP contribution in [0, 0.1) is 0 Å². The molecule has 0 saturated carbocycles. The third-order valence-electron chi connectivity index (χ3n) is 2.03. The number of thiophene rings is 1. The van der Waals surface area contributed by atoms with Crippen LogP contribution in [0.4, 0.5) is 0 Å². The standard InChI is InChI=1S/C10H15ClN2O2S/c1-7(8-4-9(11)16-6-8)13-2-3-15-5-10(12)14/h4,6-7,13H,2-3,5H2,1H3,(H2,12,14). The lowest BCUT2D eigenvalue weighted by Gasteiger charge is -2.11. The first-order chi connectivity index (χ1) is 7.59. The molecule has 4 nitrogen and oxygen atoms in total. The van der Waals surface area contributed by atoms with Crippen molar-refractivity contribution < 1.29 is 9.53 Å². The molecule has 0 fully saturated rings. The molecule has 1 amide bonds. The van der Waals surface area contributed by atoms with Gasteiger partial charge in [-0.2, -0.15) is 0 Å². The molecular formula is C10H15ClN2O2S. The second-order valence-corrected chi connectivity index (χ2v) is 4.92. The summed E-state index contributed by atoms with van der Waals surface area (Å²) in [7, 11) is 0. The van der Waals surface area contributed by atoms with Crippen LogP contribution >= 0.6 is 22.9 Å². The number of nitrogens with two attached hydrogens (primary N) is 1. The van der Waals surface area contributed by atoms with E-state index in [9.17, 15) is 4.79 Å². The Balaban J connectivity index is 2.15.